The lowest BCUT2D eigenvalue weighted by molar-refractivity contribution is -0.117. The van der Waals surface area contributed by atoms with E-state index in [-0.39, 0.29) is 11.9 Å². The summed E-state index contributed by atoms with van der Waals surface area (Å²) in [5, 5.41) is 0. The summed E-state index contributed by atoms with van der Waals surface area (Å²) in [4.78, 5) is 19.1. The van der Waals surface area contributed by atoms with Crippen molar-refractivity contribution in [3.63, 3.8) is 0 Å². The molecule has 1 atom stereocenters. The van der Waals surface area contributed by atoms with Crippen LogP contribution in [-0.2, 0) is 11.3 Å². The molecule has 1 fully saturated rings. The maximum Gasteiger partial charge on any atom is 0.224 e. The van der Waals surface area contributed by atoms with E-state index in [1.807, 2.05) is 11.0 Å². The van der Waals surface area contributed by atoms with Crippen molar-refractivity contribution in [1.82, 2.24) is 0 Å². The molecule has 1 aliphatic heterocycles. The summed E-state index contributed by atoms with van der Waals surface area (Å²) < 4.78 is 0. The number of rotatable bonds is 4. The maximum atomic E-state index is 12.4. The standard InChI is InChI=1S/C22H27N3O/c1-16(26)25-21-11-7-6-10-20(21)24(15-22(25)17-12-13-17)14-18-8-4-5-9-19(18)23(2)3/h4-11,17,22H,12-15H2,1-3H3. The number of nitrogens with zero attached hydrogens (tertiary/aromatic N) is 3. The number of carbonyl (C=O) groups excluding carboxylic acids is 1. The summed E-state index contributed by atoms with van der Waals surface area (Å²) in [6.45, 7) is 3.46. The molecule has 4 nitrogen and oxygen atoms in total. The van der Waals surface area contributed by atoms with Gasteiger partial charge in [-0.2, -0.15) is 0 Å². The van der Waals surface area contributed by atoms with Crippen LogP contribution in [0.25, 0.3) is 0 Å². The van der Waals surface area contributed by atoms with E-state index in [2.05, 4.69) is 66.4 Å². The molecular formula is C22H27N3O. The Morgan fingerprint density at radius 3 is 2.35 bits per heavy atom. The molecular weight excluding hydrogens is 322 g/mol. The highest BCUT2D eigenvalue weighted by Gasteiger charge is 2.42. The number of para-hydroxylation sites is 3. The van der Waals surface area contributed by atoms with Crippen LogP contribution in [0.4, 0.5) is 17.1 Å². The Hall–Kier alpha value is -2.49. The largest absolute Gasteiger partial charge is 0.377 e. The number of benzene rings is 2. The number of carbonyl (C=O) groups is 1. The highest BCUT2D eigenvalue weighted by atomic mass is 16.2. The smallest absolute Gasteiger partial charge is 0.224 e. The molecule has 1 aliphatic carbocycles. The number of anilines is 3. The molecule has 0 saturated heterocycles. The second-order valence-corrected chi connectivity index (χ2v) is 7.69. The summed E-state index contributed by atoms with van der Waals surface area (Å²) in [5.41, 5.74) is 4.79. The van der Waals surface area contributed by atoms with Gasteiger partial charge in [-0.15, -0.1) is 0 Å². The van der Waals surface area contributed by atoms with Gasteiger partial charge in [0.2, 0.25) is 5.91 Å². The van der Waals surface area contributed by atoms with E-state index in [4.69, 9.17) is 0 Å². The van der Waals surface area contributed by atoms with E-state index >= 15 is 0 Å². The lowest BCUT2D eigenvalue weighted by Gasteiger charge is -2.43. The highest BCUT2D eigenvalue weighted by Crippen LogP contribution is 2.44. The second kappa shape index (κ2) is 6.67. The Bertz CT molecular complexity index is 813. The highest BCUT2D eigenvalue weighted by molar-refractivity contribution is 5.97. The molecule has 4 heteroatoms. The summed E-state index contributed by atoms with van der Waals surface area (Å²) in [6.07, 6.45) is 2.47. The molecule has 0 spiro atoms. The molecule has 2 aromatic rings. The summed E-state index contributed by atoms with van der Waals surface area (Å²) in [5.74, 6) is 0.793. The van der Waals surface area contributed by atoms with E-state index in [9.17, 15) is 4.79 Å². The molecule has 0 radical (unpaired) electrons. The van der Waals surface area contributed by atoms with Gasteiger partial charge in [-0.05, 0) is 42.5 Å². The molecule has 0 N–H and O–H groups in total. The van der Waals surface area contributed by atoms with Gasteiger partial charge in [0, 0.05) is 39.8 Å². The first kappa shape index (κ1) is 17.0. The van der Waals surface area contributed by atoms with Crippen LogP contribution >= 0.6 is 0 Å². The van der Waals surface area contributed by atoms with Crippen molar-refractivity contribution in [3.05, 3.63) is 54.1 Å². The van der Waals surface area contributed by atoms with E-state index in [0.717, 1.165) is 24.5 Å². The third-order valence-electron chi connectivity index (χ3n) is 5.56. The number of hydrogen-bond acceptors (Lipinski definition) is 3. The topological polar surface area (TPSA) is 26.8 Å². The lowest BCUT2D eigenvalue weighted by atomic mass is 10.0. The number of fused-ring (bicyclic) bond motifs is 1. The summed E-state index contributed by atoms with van der Waals surface area (Å²) >= 11 is 0. The van der Waals surface area contributed by atoms with Gasteiger partial charge in [0.15, 0.2) is 0 Å². The van der Waals surface area contributed by atoms with E-state index in [0.29, 0.717) is 5.92 Å². The average molecular weight is 349 g/mol. The maximum absolute atomic E-state index is 12.4. The molecule has 1 amide bonds. The fourth-order valence-electron chi connectivity index (χ4n) is 4.20. The van der Waals surface area contributed by atoms with Gasteiger partial charge in [-0.1, -0.05) is 30.3 Å². The Morgan fingerprint density at radius 1 is 1.04 bits per heavy atom. The predicted molar refractivity (Wildman–Crippen MR) is 108 cm³/mol. The minimum Gasteiger partial charge on any atom is -0.377 e. The first-order valence-corrected chi connectivity index (χ1v) is 9.45. The Kier molecular flexibility index (Phi) is 4.35. The van der Waals surface area contributed by atoms with E-state index < -0.39 is 0 Å². The summed E-state index contributed by atoms with van der Waals surface area (Å²) in [7, 11) is 4.18. The Balaban J connectivity index is 1.72. The zero-order chi connectivity index (χ0) is 18.3. The van der Waals surface area contributed by atoms with Crippen LogP contribution in [0.15, 0.2) is 48.5 Å². The van der Waals surface area contributed by atoms with Gasteiger partial charge >= 0.3 is 0 Å². The third-order valence-corrected chi connectivity index (χ3v) is 5.56. The molecule has 2 aromatic carbocycles. The van der Waals surface area contributed by atoms with Gasteiger partial charge in [0.05, 0.1) is 17.4 Å². The molecule has 1 heterocycles. The fraction of sp³-hybridized carbons (Fsp3) is 0.409. The molecule has 4 rings (SSSR count). The minimum absolute atomic E-state index is 0.155. The molecule has 0 aromatic heterocycles. The SMILES string of the molecule is CC(=O)N1c2ccccc2N(Cc2ccccc2N(C)C)CC1C1CC1. The first-order valence-electron chi connectivity index (χ1n) is 9.45. The van der Waals surface area contributed by atoms with E-state index in [1.165, 1.54) is 24.1 Å². The van der Waals surface area contributed by atoms with Crippen molar-refractivity contribution in [3.8, 4) is 0 Å². The molecule has 1 saturated carbocycles. The van der Waals surface area contributed by atoms with Crippen LogP contribution < -0.4 is 14.7 Å². The molecule has 26 heavy (non-hydrogen) atoms. The molecule has 1 unspecified atom stereocenters. The van der Waals surface area contributed by atoms with Crippen molar-refractivity contribution < 1.29 is 4.79 Å². The number of amides is 1. The fourth-order valence-corrected chi connectivity index (χ4v) is 4.20. The van der Waals surface area contributed by atoms with Crippen LogP contribution in [0.2, 0.25) is 0 Å². The first-order chi connectivity index (χ1) is 12.6. The summed E-state index contributed by atoms with van der Waals surface area (Å²) in [6, 6.07) is 17.2. The van der Waals surface area contributed by atoms with Gasteiger partial charge in [-0.25, -0.2) is 0 Å². The van der Waals surface area contributed by atoms with Crippen LogP contribution in [0.5, 0.6) is 0 Å². The second-order valence-electron chi connectivity index (χ2n) is 7.69. The van der Waals surface area contributed by atoms with Crippen LogP contribution in [0.1, 0.15) is 25.3 Å². The van der Waals surface area contributed by atoms with Gasteiger partial charge in [-0.3, -0.25) is 4.79 Å². The van der Waals surface area contributed by atoms with Gasteiger partial charge in [0.25, 0.3) is 0 Å². The normalized spacial score (nSPS) is 19.3. The molecule has 2 aliphatic rings. The third kappa shape index (κ3) is 3.05. The Morgan fingerprint density at radius 2 is 1.69 bits per heavy atom. The van der Waals surface area contributed by atoms with Crippen LogP contribution in [-0.4, -0.2) is 32.6 Å². The van der Waals surface area contributed by atoms with E-state index in [1.54, 1.807) is 6.92 Å². The van der Waals surface area contributed by atoms with Crippen molar-refractivity contribution in [2.45, 2.75) is 32.4 Å². The van der Waals surface area contributed by atoms with Crippen molar-refractivity contribution in [2.24, 2.45) is 5.92 Å². The average Bonchev–Trinajstić information content (AvgIpc) is 3.46. The zero-order valence-electron chi connectivity index (χ0n) is 15.9. The quantitative estimate of drug-likeness (QED) is 0.837. The van der Waals surface area contributed by atoms with Crippen molar-refractivity contribution in [1.29, 1.82) is 0 Å². The predicted octanol–water partition coefficient (Wildman–Crippen LogP) is 3.90. The Labute approximate surface area is 156 Å². The minimum atomic E-state index is 0.155. The van der Waals surface area contributed by atoms with Crippen LogP contribution in [0.3, 0.4) is 0 Å². The zero-order valence-corrected chi connectivity index (χ0v) is 15.9. The van der Waals surface area contributed by atoms with Crippen LogP contribution in [0, 0.1) is 5.92 Å². The number of hydrogen-bond donors (Lipinski definition) is 0. The van der Waals surface area contributed by atoms with Gasteiger partial charge < -0.3 is 14.7 Å². The monoisotopic (exact) mass is 349 g/mol. The molecule has 0 bridgehead atoms. The van der Waals surface area contributed by atoms with Crippen molar-refractivity contribution in [2.75, 3.05) is 35.3 Å². The van der Waals surface area contributed by atoms with Crippen molar-refractivity contribution >= 4 is 23.0 Å². The molecule has 136 valence electrons. The lowest BCUT2D eigenvalue weighted by Crippen LogP contribution is -2.52. The van der Waals surface area contributed by atoms with Gasteiger partial charge in [0.1, 0.15) is 0 Å².